The number of methoxy groups -OCH3 is 1. The quantitative estimate of drug-likeness (QED) is 0.680. The van der Waals surface area contributed by atoms with Gasteiger partial charge in [-0.1, -0.05) is 0 Å². The van der Waals surface area contributed by atoms with Crippen molar-refractivity contribution in [3.63, 3.8) is 0 Å². The molecule has 1 atom stereocenters. The average Bonchev–Trinajstić information content (AvgIpc) is 2.44. The summed E-state index contributed by atoms with van der Waals surface area (Å²) in [4.78, 5) is 11.1. The van der Waals surface area contributed by atoms with Crippen molar-refractivity contribution in [1.29, 1.82) is 0 Å². The van der Waals surface area contributed by atoms with E-state index in [1.54, 1.807) is 13.1 Å². The fraction of sp³-hybridized carbons (Fsp3) is 0.462. The van der Waals surface area contributed by atoms with E-state index in [2.05, 4.69) is 15.4 Å². The molecule has 0 saturated heterocycles. The SMILES string of the molecule is CNC(C)CNS(=O)(=O)c1cc(NC(C)=O)ccc1OC.Cl. The number of carbonyl (C=O) groups excluding carboxylic acids is 1. The van der Waals surface area contributed by atoms with Gasteiger partial charge in [0.05, 0.1) is 7.11 Å². The second kappa shape index (κ2) is 8.94. The van der Waals surface area contributed by atoms with Gasteiger partial charge in [0.1, 0.15) is 10.6 Å². The molecule has 1 aromatic carbocycles. The lowest BCUT2D eigenvalue weighted by atomic mass is 10.3. The summed E-state index contributed by atoms with van der Waals surface area (Å²) in [6, 6.07) is 4.44. The van der Waals surface area contributed by atoms with Gasteiger partial charge in [-0.25, -0.2) is 13.1 Å². The lowest BCUT2D eigenvalue weighted by molar-refractivity contribution is -0.114. The molecular formula is C13H22ClN3O4S. The van der Waals surface area contributed by atoms with Crippen LogP contribution in [0.15, 0.2) is 23.1 Å². The number of hydrogen-bond donors (Lipinski definition) is 3. The van der Waals surface area contributed by atoms with E-state index in [0.717, 1.165) is 0 Å². The van der Waals surface area contributed by atoms with Crippen LogP contribution in [0.4, 0.5) is 5.69 Å². The molecule has 9 heteroatoms. The zero-order valence-corrected chi connectivity index (χ0v) is 14.6. The van der Waals surface area contributed by atoms with Crippen LogP contribution in [0.2, 0.25) is 0 Å². The molecule has 0 spiro atoms. The summed E-state index contributed by atoms with van der Waals surface area (Å²) in [5, 5.41) is 5.49. The minimum atomic E-state index is -3.73. The summed E-state index contributed by atoms with van der Waals surface area (Å²) >= 11 is 0. The molecule has 22 heavy (non-hydrogen) atoms. The molecule has 126 valence electrons. The van der Waals surface area contributed by atoms with Crippen LogP contribution in [0.3, 0.4) is 0 Å². The standard InChI is InChI=1S/C13H21N3O4S.ClH/c1-9(14-3)8-15-21(18,19)13-7-11(16-10(2)17)5-6-12(13)20-4;/h5-7,9,14-15H,8H2,1-4H3,(H,16,17);1H. The number of hydrogen-bond acceptors (Lipinski definition) is 5. The van der Waals surface area contributed by atoms with Crippen LogP contribution < -0.4 is 20.1 Å². The van der Waals surface area contributed by atoms with Crippen molar-refractivity contribution in [1.82, 2.24) is 10.0 Å². The lowest BCUT2D eigenvalue weighted by Gasteiger charge is -2.15. The summed E-state index contributed by atoms with van der Waals surface area (Å²) in [6.45, 7) is 3.45. The number of ether oxygens (including phenoxy) is 1. The molecule has 1 aromatic rings. The van der Waals surface area contributed by atoms with E-state index in [0.29, 0.717) is 5.69 Å². The second-order valence-corrected chi connectivity index (χ2v) is 6.32. The Labute approximate surface area is 137 Å². The molecule has 0 fully saturated rings. The first-order valence-corrected chi connectivity index (χ1v) is 7.91. The largest absolute Gasteiger partial charge is 0.495 e. The van der Waals surface area contributed by atoms with Crippen molar-refractivity contribution in [2.45, 2.75) is 24.8 Å². The summed E-state index contributed by atoms with van der Waals surface area (Å²) in [6.07, 6.45) is 0. The maximum Gasteiger partial charge on any atom is 0.244 e. The third-order valence-corrected chi connectivity index (χ3v) is 4.29. The summed E-state index contributed by atoms with van der Waals surface area (Å²) < 4.78 is 32.3. The Morgan fingerprint density at radius 1 is 1.36 bits per heavy atom. The van der Waals surface area contributed by atoms with E-state index in [1.165, 1.54) is 26.2 Å². The van der Waals surface area contributed by atoms with Crippen molar-refractivity contribution in [3.8, 4) is 5.75 Å². The molecule has 1 amide bonds. The van der Waals surface area contributed by atoms with Gasteiger partial charge >= 0.3 is 0 Å². The molecule has 0 aliphatic rings. The zero-order chi connectivity index (χ0) is 16.0. The minimum Gasteiger partial charge on any atom is -0.495 e. The second-order valence-electron chi connectivity index (χ2n) is 4.59. The summed E-state index contributed by atoms with van der Waals surface area (Å²) in [5.74, 6) is -0.0611. The number of carbonyl (C=O) groups is 1. The first-order valence-electron chi connectivity index (χ1n) is 6.42. The number of benzene rings is 1. The predicted octanol–water partition coefficient (Wildman–Crippen LogP) is 0.962. The van der Waals surface area contributed by atoms with Crippen LogP contribution >= 0.6 is 12.4 Å². The van der Waals surface area contributed by atoms with Crippen LogP contribution in [0, 0.1) is 0 Å². The van der Waals surface area contributed by atoms with E-state index in [1.807, 2.05) is 6.92 Å². The summed E-state index contributed by atoms with van der Waals surface area (Å²) in [7, 11) is -0.594. The number of sulfonamides is 1. The first-order chi connectivity index (χ1) is 9.80. The number of halogens is 1. The predicted molar refractivity (Wildman–Crippen MR) is 88.3 cm³/mol. The lowest BCUT2D eigenvalue weighted by Crippen LogP contribution is -2.37. The van der Waals surface area contributed by atoms with Gasteiger partial charge in [0.2, 0.25) is 15.9 Å². The van der Waals surface area contributed by atoms with Gasteiger partial charge in [-0.2, -0.15) is 0 Å². The average molecular weight is 352 g/mol. The van der Waals surface area contributed by atoms with Crippen LogP contribution in [-0.4, -0.2) is 41.1 Å². The molecule has 3 N–H and O–H groups in total. The Morgan fingerprint density at radius 3 is 2.50 bits per heavy atom. The van der Waals surface area contributed by atoms with Crippen LogP contribution in [-0.2, 0) is 14.8 Å². The minimum absolute atomic E-state index is 0. The number of likely N-dealkylation sites (N-methyl/N-ethyl adjacent to an activating group) is 1. The fourth-order valence-electron chi connectivity index (χ4n) is 1.58. The Morgan fingerprint density at radius 2 is 2.00 bits per heavy atom. The topological polar surface area (TPSA) is 96.5 Å². The highest BCUT2D eigenvalue weighted by molar-refractivity contribution is 7.89. The van der Waals surface area contributed by atoms with Crippen molar-refractivity contribution in [2.24, 2.45) is 0 Å². The van der Waals surface area contributed by atoms with Gasteiger partial charge in [-0.3, -0.25) is 4.79 Å². The van der Waals surface area contributed by atoms with E-state index >= 15 is 0 Å². The van der Waals surface area contributed by atoms with E-state index in [-0.39, 0.29) is 41.5 Å². The smallest absolute Gasteiger partial charge is 0.244 e. The Kier molecular flexibility index (Phi) is 8.39. The third kappa shape index (κ3) is 5.80. The molecule has 1 unspecified atom stereocenters. The monoisotopic (exact) mass is 351 g/mol. The van der Waals surface area contributed by atoms with Gasteiger partial charge in [0.15, 0.2) is 0 Å². The first kappa shape index (κ1) is 20.6. The van der Waals surface area contributed by atoms with Crippen molar-refractivity contribution in [2.75, 3.05) is 26.0 Å². The molecule has 0 aromatic heterocycles. The highest BCUT2D eigenvalue weighted by atomic mass is 35.5. The molecule has 0 radical (unpaired) electrons. The van der Waals surface area contributed by atoms with Gasteiger partial charge in [0, 0.05) is 25.2 Å². The maximum atomic E-state index is 12.3. The van der Waals surface area contributed by atoms with Gasteiger partial charge in [-0.15, -0.1) is 12.4 Å². The number of anilines is 1. The van der Waals surface area contributed by atoms with Crippen molar-refractivity contribution < 1.29 is 17.9 Å². The molecule has 0 bridgehead atoms. The van der Waals surface area contributed by atoms with Crippen LogP contribution in [0.25, 0.3) is 0 Å². The third-order valence-electron chi connectivity index (χ3n) is 2.85. The molecule has 7 nitrogen and oxygen atoms in total. The Bertz CT molecular complexity index is 607. The molecule has 0 aliphatic carbocycles. The number of rotatable bonds is 7. The van der Waals surface area contributed by atoms with Crippen molar-refractivity contribution >= 4 is 34.0 Å². The molecular weight excluding hydrogens is 330 g/mol. The van der Waals surface area contributed by atoms with Gasteiger partial charge in [-0.05, 0) is 32.2 Å². The Balaban J connectivity index is 0.00000441. The van der Waals surface area contributed by atoms with E-state index in [4.69, 9.17) is 4.74 Å². The molecule has 0 aliphatic heterocycles. The maximum absolute atomic E-state index is 12.3. The highest BCUT2D eigenvalue weighted by Crippen LogP contribution is 2.27. The van der Waals surface area contributed by atoms with Crippen LogP contribution in [0.5, 0.6) is 5.75 Å². The van der Waals surface area contributed by atoms with E-state index < -0.39 is 10.0 Å². The van der Waals surface area contributed by atoms with Gasteiger partial charge in [0.25, 0.3) is 0 Å². The van der Waals surface area contributed by atoms with Crippen molar-refractivity contribution in [3.05, 3.63) is 18.2 Å². The molecule has 0 saturated carbocycles. The highest BCUT2D eigenvalue weighted by Gasteiger charge is 2.20. The van der Waals surface area contributed by atoms with Gasteiger partial charge < -0.3 is 15.4 Å². The zero-order valence-electron chi connectivity index (χ0n) is 13.0. The summed E-state index contributed by atoms with van der Waals surface area (Å²) in [5.41, 5.74) is 0.394. The molecule has 0 heterocycles. The van der Waals surface area contributed by atoms with E-state index in [9.17, 15) is 13.2 Å². The Hall–Kier alpha value is -1.35. The fourth-order valence-corrected chi connectivity index (χ4v) is 2.91. The normalized spacial score (nSPS) is 12.2. The molecule has 1 rings (SSSR count). The van der Waals surface area contributed by atoms with Crippen LogP contribution in [0.1, 0.15) is 13.8 Å². The number of nitrogens with one attached hydrogen (secondary N) is 3. The number of amides is 1.